The summed E-state index contributed by atoms with van der Waals surface area (Å²) in [4.78, 5) is 4.22. The van der Waals surface area contributed by atoms with E-state index in [0.29, 0.717) is 6.04 Å². The average Bonchev–Trinajstić information content (AvgIpc) is 3.05. The van der Waals surface area contributed by atoms with Crippen molar-refractivity contribution in [2.24, 2.45) is 0 Å². The molecule has 3 rings (SSSR count). The number of rotatable bonds is 4. The standard InChI is InChI=1S/C12H13N3O/c1-2-6-13-11(3-1)12-7-10(15-16-12)8-14-9-4-5-9/h1-3,6-7,9,14H,4-5,8H2. The predicted octanol–water partition coefficient (Wildman–Crippen LogP) is 1.99. The van der Waals surface area contributed by atoms with E-state index in [1.807, 2.05) is 24.3 Å². The van der Waals surface area contributed by atoms with Gasteiger partial charge in [-0.05, 0) is 25.0 Å². The summed E-state index contributed by atoms with van der Waals surface area (Å²) in [6, 6.07) is 8.37. The highest BCUT2D eigenvalue weighted by molar-refractivity contribution is 5.51. The van der Waals surface area contributed by atoms with Crippen LogP contribution in [0.25, 0.3) is 11.5 Å². The molecule has 1 fully saturated rings. The van der Waals surface area contributed by atoms with Crippen LogP contribution in [0.3, 0.4) is 0 Å². The maximum Gasteiger partial charge on any atom is 0.185 e. The van der Waals surface area contributed by atoms with Gasteiger partial charge >= 0.3 is 0 Å². The van der Waals surface area contributed by atoms with Gasteiger partial charge in [0.25, 0.3) is 0 Å². The topological polar surface area (TPSA) is 51.0 Å². The zero-order chi connectivity index (χ0) is 10.8. The Morgan fingerprint density at radius 3 is 3.06 bits per heavy atom. The minimum Gasteiger partial charge on any atom is -0.354 e. The monoisotopic (exact) mass is 215 g/mol. The lowest BCUT2D eigenvalue weighted by atomic mass is 10.2. The molecule has 1 N–H and O–H groups in total. The summed E-state index contributed by atoms with van der Waals surface area (Å²) in [5, 5.41) is 7.41. The number of nitrogens with one attached hydrogen (secondary N) is 1. The summed E-state index contributed by atoms with van der Waals surface area (Å²) in [5.74, 6) is 0.730. The summed E-state index contributed by atoms with van der Waals surface area (Å²) in [7, 11) is 0. The molecule has 4 nitrogen and oxygen atoms in total. The largest absolute Gasteiger partial charge is 0.354 e. The van der Waals surface area contributed by atoms with Gasteiger partial charge in [0.15, 0.2) is 5.76 Å². The van der Waals surface area contributed by atoms with Gasteiger partial charge < -0.3 is 9.84 Å². The third-order valence-electron chi connectivity index (χ3n) is 2.63. The van der Waals surface area contributed by atoms with E-state index in [-0.39, 0.29) is 0 Å². The van der Waals surface area contributed by atoms with E-state index >= 15 is 0 Å². The zero-order valence-corrected chi connectivity index (χ0v) is 8.89. The van der Waals surface area contributed by atoms with Crippen LogP contribution in [0.15, 0.2) is 35.0 Å². The molecule has 16 heavy (non-hydrogen) atoms. The molecule has 2 aromatic rings. The third-order valence-corrected chi connectivity index (χ3v) is 2.63. The van der Waals surface area contributed by atoms with Crippen LogP contribution in [-0.4, -0.2) is 16.2 Å². The molecular formula is C12H13N3O. The Morgan fingerprint density at radius 2 is 2.31 bits per heavy atom. The van der Waals surface area contributed by atoms with Crippen LogP contribution in [-0.2, 0) is 6.54 Å². The van der Waals surface area contributed by atoms with Crippen molar-refractivity contribution in [1.82, 2.24) is 15.5 Å². The molecule has 1 saturated carbocycles. The van der Waals surface area contributed by atoms with E-state index in [0.717, 1.165) is 23.7 Å². The number of nitrogens with zero attached hydrogens (tertiary/aromatic N) is 2. The molecule has 0 saturated heterocycles. The lowest BCUT2D eigenvalue weighted by Crippen LogP contribution is -2.15. The van der Waals surface area contributed by atoms with Crippen molar-refractivity contribution in [1.29, 1.82) is 0 Å². The van der Waals surface area contributed by atoms with Crippen LogP contribution in [0.1, 0.15) is 18.5 Å². The number of aromatic nitrogens is 2. The highest BCUT2D eigenvalue weighted by atomic mass is 16.5. The average molecular weight is 215 g/mol. The normalized spacial score (nSPS) is 15.2. The zero-order valence-electron chi connectivity index (χ0n) is 8.89. The quantitative estimate of drug-likeness (QED) is 0.847. The van der Waals surface area contributed by atoms with Gasteiger partial charge in [-0.25, -0.2) is 0 Å². The molecule has 4 heteroatoms. The maximum absolute atomic E-state index is 5.25. The molecule has 2 heterocycles. The second-order valence-electron chi connectivity index (χ2n) is 4.05. The lowest BCUT2D eigenvalue weighted by molar-refractivity contribution is 0.419. The summed E-state index contributed by atoms with van der Waals surface area (Å²) in [5.41, 5.74) is 1.76. The first-order chi connectivity index (χ1) is 7.92. The highest BCUT2D eigenvalue weighted by Crippen LogP contribution is 2.20. The van der Waals surface area contributed by atoms with Crippen molar-refractivity contribution in [2.75, 3.05) is 0 Å². The molecule has 0 radical (unpaired) electrons. The predicted molar refractivity (Wildman–Crippen MR) is 59.6 cm³/mol. The van der Waals surface area contributed by atoms with Gasteiger partial charge in [0.05, 0.1) is 5.69 Å². The fourth-order valence-corrected chi connectivity index (χ4v) is 1.56. The van der Waals surface area contributed by atoms with E-state index < -0.39 is 0 Å². The lowest BCUT2D eigenvalue weighted by Gasteiger charge is -1.95. The Morgan fingerprint density at radius 1 is 1.38 bits per heavy atom. The van der Waals surface area contributed by atoms with Crippen molar-refractivity contribution in [3.05, 3.63) is 36.2 Å². The molecule has 82 valence electrons. The number of hydrogen-bond donors (Lipinski definition) is 1. The van der Waals surface area contributed by atoms with Gasteiger partial charge in [-0.3, -0.25) is 4.98 Å². The molecule has 1 aliphatic carbocycles. The van der Waals surface area contributed by atoms with E-state index in [9.17, 15) is 0 Å². The van der Waals surface area contributed by atoms with E-state index in [1.165, 1.54) is 12.8 Å². The van der Waals surface area contributed by atoms with Crippen molar-refractivity contribution < 1.29 is 4.52 Å². The van der Waals surface area contributed by atoms with Crippen LogP contribution < -0.4 is 5.32 Å². The van der Waals surface area contributed by atoms with Crippen LogP contribution in [0.5, 0.6) is 0 Å². The van der Waals surface area contributed by atoms with Crippen molar-refractivity contribution in [2.45, 2.75) is 25.4 Å². The molecule has 0 atom stereocenters. The first-order valence-electron chi connectivity index (χ1n) is 5.52. The van der Waals surface area contributed by atoms with Crippen LogP contribution >= 0.6 is 0 Å². The van der Waals surface area contributed by atoms with Crippen molar-refractivity contribution >= 4 is 0 Å². The fraction of sp³-hybridized carbons (Fsp3) is 0.333. The van der Waals surface area contributed by atoms with Gasteiger partial charge in [-0.1, -0.05) is 11.2 Å². The van der Waals surface area contributed by atoms with Crippen LogP contribution in [0.2, 0.25) is 0 Å². The second kappa shape index (κ2) is 4.06. The minimum absolute atomic E-state index is 0.690. The van der Waals surface area contributed by atoms with Gasteiger partial charge in [-0.15, -0.1) is 0 Å². The Labute approximate surface area is 93.7 Å². The van der Waals surface area contributed by atoms with Gasteiger partial charge in [0, 0.05) is 24.8 Å². The molecule has 0 spiro atoms. The van der Waals surface area contributed by atoms with E-state index in [4.69, 9.17) is 4.52 Å². The second-order valence-corrected chi connectivity index (χ2v) is 4.05. The first-order valence-corrected chi connectivity index (χ1v) is 5.52. The summed E-state index contributed by atoms with van der Waals surface area (Å²) in [6.45, 7) is 0.779. The van der Waals surface area contributed by atoms with Gasteiger partial charge in [-0.2, -0.15) is 0 Å². The third kappa shape index (κ3) is 2.12. The van der Waals surface area contributed by atoms with E-state index in [1.54, 1.807) is 6.20 Å². The number of pyridine rings is 1. The summed E-state index contributed by atoms with van der Waals surface area (Å²) < 4.78 is 5.25. The Kier molecular flexibility index (Phi) is 2.42. The van der Waals surface area contributed by atoms with E-state index in [2.05, 4.69) is 15.5 Å². The summed E-state index contributed by atoms with van der Waals surface area (Å²) >= 11 is 0. The fourth-order valence-electron chi connectivity index (χ4n) is 1.56. The molecule has 0 aliphatic heterocycles. The number of hydrogen-bond acceptors (Lipinski definition) is 4. The minimum atomic E-state index is 0.690. The molecule has 0 aromatic carbocycles. The molecule has 2 aromatic heterocycles. The Balaban J connectivity index is 1.71. The van der Waals surface area contributed by atoms with Crippen molar-refractivity contribution in [3.8, 4) is 11.5 Å². The highest BCUT2D eigenvalue weighted by Gasteiger charge is 2.20. The van der Waals surface area contributed by atoms with Gasteiger partial charge in [0.2, 0.25) is 0 Å². The van der Waals surface area contributed by atoms with Crippen molar-refractivity contribution in [3.63, 3.8) is 0 Å². The molecule has 1 aliphatic rings. The molecular weight excluding hydrogens is 202 g/mol. The smallest absolute Gasteiger partial charge is 0.185 e. The molecule has 0 unspecified atom stereocenters. The Hall–Kier alpha value is -1.68. The SMILES string of the molecule is c1ccc(-c2cc(CNC3CC3)no2)nc1. The van der Waals surface area contributed by atoms with Crippen LogP contribution in [0.4, 0.5) is 0 Å². The molecule has 0 bridgehead atoms. The van der Waals surface area contributed by atoms with Crippen LogP contribution in [0, 0.1) is 0 Å². The Bertz CT molecular complexity index is 462. The van der Waals surface area contributed by atoms with Gasteiger partial charge in [0.1, 0.15) is 5.69 Å². The molecule has 0 amide bonds. The maximum atomic E-state index is 5.25. The first kappa shape index (κ1) is 9.54. The summed E-state index contributed by atoms with van der Waals surface area (Å²) in [6.07, 6.45) is 4.32.